The Kier molecular flexibility index (Phi) is 11.5. The number of hydrogen-bond acceptors (Lipinski definition) is 6. The first-order valence-electron chi connectivity index (χ1n) is 12.6. The van der Waals surface area contributed by atoms with E-state index in [2.05, 4.69) is 58.8 Å². The Morgan fingerprint density at radius 3 is 2.24 bits per heavy atom. The number of nitrogens with zero attached hydrogens (tertiary/aromatic N) is 2. The van der Waals surface area contributed by atoms with Gasteiger partial charge in [0, 0.05) is 43.2 Å². The fraction of sp³-hybridized carbons (Fsp3) is 0.290. The molecule has 0 radical (unpaired) electrons. The molecule has 1 saturated heterocycles. The number of rotatable bonds is 10. The van der Waals surface area contributed by atoms with Crippen molar-refractivity contribution in [1.29, 1.82) is 0 Å². The highest BCUT2D eigenvalue weighted by atomic mass is 32.2. The lowest BCUT2D eigenvalue weighted by Gasteiger charge is -2.35. The van der Waals surface area contributed by atoms with Crippen LogP contribution >= 0.6 is 11.9 Å². The Balaban J connectivity index is 0.00000121. The number of methoxy groups -OCH3 is 1. The first kappa shape index (κ1) is 28.2. The maximum absolute atomic E-state index is 6.09. The molecule has 0 amide bonds. The van der Waals surface area contributed by atoms with Crippen LogP contribution in [-0.4, -0.2) is 37.6 Å². The Morgan fingerprint density at radius 2 is 1.62 bits per heavy atom. The van der Waals surface area contributed by atoms with Gasteiger partial charge in [-0.2, -0.15) is 0 Å². The van der Waals surface area contributed by atoms with E-state index in [1.54, 1.807) is 25.1 Å². The molecule has 4 rings (SSSR count). The van der Waals surface area contributed by atoms with Gasteiger partial charge in [-0.1, -0.05) is 49.9 Å². The standard InChI is InChI=1S/C28H32N2O3S.C3H6/c1-4-22(2)33-28-20-26(14-15-27(28)32-21-23-8-6-5-7-9-23)34-30-18-16-29(17-19-30)24-10-12-25(31-3)13-11-24;1-3-2/h5-15,20H,2,4,16-19,21H2,1,3H3;3H,1H2,2H3. The largest absolute Gasteiger partial charge is 0.497 e. The minimum Gasteiger partial charge on any atom is -0.497 e. The molecular weight excluding hydrogens is 480 g/mol. The van der Waals surface area contributed by atoms with Crippen LogP contribution in [0, 0.1) is 0 Å². The SMILES string of the molecule is C=C(CC)Oc1cc(SN2CCN(c3ccc(OC)cc3)CC2)ccc1OCc1ccccc1.C=CC. The maximum atomic E-state index is 6.09. The highest BCUT2D eigenvalue weighted by molar-refractivity contribution is 7.97. The van der Waals surface area contributed by atoms with Crippen LogP contribution in [0.4, 0.5) is 5.69 Å². The second-order valence-corrected chi connectivity index (χ2v) is 9.66. The van der Waals surface area contributed by atoms with Crippen molar-refractivity contribution in [1.82, 2.24) is 4.31 Å². The lowest BCUT2D eigenvalue weighted by Crippen LogP contribution is -2.43. The summed E-state index contributed by atoms with van der Waals surface area (Å²) in [7, 11) is 1.70. The Morgan fingerprint density at radius 1 is 0.946 bits per heavy atom. The van der Waals surface area contributed by atoms with E-state index in [4.69, 9.17) is 14.2 Å². The number of benzene rings is 3. The van der Waals surface area contributed by atoms with E-state index in [9.17, 15) is 0 Å². The molecule has 196 valence electrons. The molecule has 0 bridgehead atoms. The molecule has 1 heterocycles. The van der Waals surface area contributed by atoms with E-state index in [-0.39, 0.29) is 0 Å². The van der Waals surface area contributed by atoms with E-state index in [0.29, 0.717) is 12.4 Å². The van der Waals surface area contributed by atoms with Gasteiger partial charge in [-0.25, -0.2) is 4.31 Å². The Bertz CT molecular complexity index is 1110. The molecular formula is C31H38N2O3S. The number of allylic oxidation sites excluding steroid dienone is 2. The van der Waals surface area contributed by atoms with Gasteiger partial charge in [-0.3, -0.25) is 0 Å². The molecule has 0 saturated carbocycles. The van der Waals surface area contributed by atoms with Crippen LogP contribution in [0.3, 0.4) is 0 Å². The van der Waals surface area contributed by atoms with E-state index in [1.807, 2.05) is 50.2 Å². The first-order valence-corrected chi connectivity index (χ1v) is 13.4. The van der Waals surface area contributed by atoms with Crippen molar-refractivity contribution in [3.63, 3.8) is 0 Å². The van der Waals surface area contributed by atoms with E-state index in [1.165, 1.54) is 5.69 Å². The predicted octanol–water partition coefficient (Wildman–Crippen LogP) is 7.60. The van der Waals surface area contributed by atoms with Crippen LogP contribution in [-0.2, 0) is 6.61 Å². The van der Waals surface area contributed by atoms with E-state index in [0.717, 1.165) is 60.3 Å². The zero-order chi connectivity index (χ0) is 26.5. The molecule has 0 aromatic heterocycles. The monoisotopic (exact) mass is 518 g/mol. The number of ether oxygens (including phenoxy) is 3. The van der Waals surface area contributed by atoms with Crippen LogP contribution in [0.2, 0.25) is 0 Å². The van der Waals surface area contributed by atoms with Crippen LogP contribution in [0.25, 0.3) is 0 Å². The zero-order valence-electron chi connectivity index (χ0n) is 22.2. The third-order valence-electron chi connectivity index (χ3n) is 5.71. The minimum atomic E-state index is 0.496. The van der Waals surface area contributed by atoms with Crippen LogP contribution in [0.5, 0.6) is 17.2 Å². The van der Waals surface area contributed by atoms with Crippen LogP contribution in [0.1, 0.15) is 25.8 Å². The molecule has 1 aliphatic rings. The van der Waals surface area contributed by atoms with Crippen molar-refractivity contribution in [2.24, 2.45) is 0 Å². The van der Waals surface area contributed by atoms with Crippen LogP contribution < -0.4 is 19.1 Å². The molecule has 0 spiro atoms. The third kappa shape index (κ3) is 8.92. The maximum Gasteiger partial charge on any atom is 0.169 e. The summed E-state index contributed by atoms with van der Waals surface area (Å²) in [5.74, 6) is 3.05. The first-order chi connectivity index (χ1) is 18.1. The van der Waals surface area contributed by atoms with Crippen molar-refractivity contribution >= 4 is 17.6 Å². The highest BCUT2D eigenvalue weighted by Crippen LogP contribution is 2.36. The van der Waals surface area contributed by atoms with E-state index >= 15 is 0 Å². The summed E-state index contributed by atoms with van der Waals surface area (Å²) in [6, 6.07) is 24.6. The molecule has 6 heteroatoms. The number of hydrogen-bond donors (Lipinski definition) is 0. The summed E-state index contributed by atoms with van der Waals surface area (Å²) < 4.78 is 19.8. The van der Waals surface area contributed by atoms with Gasteiger partial charge in [0.2, 0.25) is 0 Å². The smallest absolute Gasteiger partial charge is 0.169 e. The van der Waals surface area contributed by atoms with Gasteiger partial charge < -0.3 is 19.1 Å². The minimum absolute atomic E-state index is 0.496. The van der Waals surface area contributed by atoms with Crippen molar-refractivity contribution in [3.8, 4) is 17.2 Å². The van der Waals surface area contributed by atoms with Gasteiger partial charge in [0.15, 0.2) is 11.5 Å². The highest BCUT2D eigenvalue weighted by Gasteiger charge is 2.19. The quantitative estimate of drug-likeness (QED) is 0.156. The predicted molar refractivity (Wildman–Crippen MR) is 156 cm³/mol. The molecule has 3 aromatic carbocycles. The lowest BCUT2D eigenvalue weighted by molar-refractivity contribution is 0.285. The molecule has 5 nitrogen and oxygen atoms in total. The van der Waals surface area contributed by atoms with Crippen molar-refractivity contribution in [2.75, 3.05) is 38.2 Å². The average Bonchev–Trinajstić information content (AvgIpc) is 2.94. The molecule has 3 aromatic rings. The molecule has 1 aliphatic heterocycles. The summed E-state index contributed by atoms with van der Waals surface area (Å²) in [6.45, 7) is 15.7. The zero-order valence-corrected chi connectivity index (χ0v) is 23.0. The molecule has 0 N–H and O–H groups in total. The fourth-order valence-electron chi connectivity index (χ4n) is 3.69. The summed E-state index contributed by atoms with van der Waals surface area (Å²) in [4.78, 5) is 3.54. The normalized spacial score (nSPS) is 13.2. The number of anilines is 1. The Hall–Kier alpha value is -3.35. The van der Waals surface area contributed by atoms with Gasteiger partial charge in [0.25, 0.3) is 0 Å². The summed E-state index contributed by atoms with van der Waals surface area (Å²) in [6.07, 6.45) is 2.50. The molecule has 1 fully saturated rings. The molecule has 0 unspecified atom stereocenters. The molecule has 0 atom stereocenters. The second-order valence-electron chi connectivity index (χ2n) is 8.49. The van der Waals surface area contributed by atoms with Crippen molar-refractivity contribution < 1.29 is 14.2 Å². The third-order valence-corrected chi connectivity index (χ3v) is 6.80. The Labute approximate surface area is 226 Å². The van der Waals surface area contributed by atoms with Gasteiger partial charge in [0.05, 0.1) is 12.9 Å². The molecule has 0 aliphatic carbocycles. The molecule has 37 heavy (non-hydrogen) atoms. The van der Waals surface area contributed by atoms with Gasteiger partial charge >= 0.3 is 0 Å². The van der Waals surface area contributed by atoms with Gasteiger partial charge in [-0.05, 0) is 66.9 Å². The van der Waals surface area contributed by atoms with Crippen molar-refractivity contribution in [3.05, 3.63) is 103 Å². The lowest BCUT2D eigenvalue weighted by atomic mass is 10.2. The fourth-order valence-corrected chi connectivity index (χ4v) is 4.62. The second kappa shape index (κ2) is 15.0. The van der Waals surface area contributed by atoms with Crippen molar-refractivity contribution in [2.45, 2.75) is 31.8 Å². The van der Waals surface area contributed by atoms with E-state index < -0.39 is 0 Å². The topological polar surface area (TPSA) is 34.2 Å². The summed E-state index contributed by atoms with van der Waals surface area (Å²) in [5, 5.41) is 0. The summed E-state index contributed by atoms with van der Waals surface area (Å²) >= 11 is 1.76. The average molecular weight is 519 g/mol. The van der Waals surface area contributed by atoms with Gasteiger partial charge in [0.1, 0.15) is 12.4 Å². The van der Waals surface area contributed by atoms with Gasteiger partial charge in [-0.15, -0.1) is 6.58 Å². The number of piperazine rings is 1. The summed E-state index contributed by atoms with van der Waals surface area (Å²) in [5.41, 5.74) is 2.36. The van der Waals surface area contributed by atoms with Crippen LogP contribution in [0.15, 0.2) is 103 Å².